The molecule has 0 N–H and O–H groups in total. The van der Waals surface area contributed by atoms with Gasteiger partial charge in [-0.3, -0.25) is 0 Å². The molecule has 1 unspecified atom stereocenters. The number of hydrogen-bond donors (Lipinski definition) is 0. The number of aromatic nitrogens is 2. The van der Waals surface area contributed by atoms with E-state index in [0.29, 0.717) is 17.3 Å². The molecule has 0 aliphatic rings. The van der Waals surface area contributed by atoms with Crippen LogP contribution in [0, 0.1) is 11.3 Å². The highest BCUT2D eigenvalue weighted by molar-refractivity contribution is 5.47. The first-order chi connectivity index (χ1) is 9.21. The fourth-order valence-electron chi connectivity index (χ4n) is 1.98. The molecule has 0 aliphatic heterocycles. The van der Waals surface area contributed by atoms with Crippen LogP contribution in [0.15, 0.2) is 30.6 Å². The summed E-state index contributed by atoms with van der Waals surface area (Å²) in [6, 6.07) is 7.68. The maximum absolute atomic E-state index is 9.43. The van der Waals surface area contributed by atoms with Gasteiger partial charge in [0.1, 0.15) is 23.2 Å². The summed E-state index contributed by atoms with van der Waals surface area (Å²) in [5, 5.41) is 9.43. The summed E-state index contributed by atoms with van der Waals surface area (Å²) in [6.07, 6.45) is 3.49. The highest BCUT2D eigenvalue weighted by Gasteiger charge is 2.21. The molecule has 1 heterocycles. The summed E-state index contributed by atoms with van der Waals surface area (Å²) in [5.41, 5.74) is 0.778. The zero-order valence-corrected chi connectivity index (χ0v) is 11.1. The molecule has 0 saturated carbocycles. The summed E-state index contributed by atoms with van der Waals surface area (Å²) < 4.78 is 12.3. The molecule has 1 aromatic carbocycles. The Bertz CT molecular complexity index is 613. The Morgan fingerprint density at radius 2 is 2.11 bits per heavy atom. The predicted molar refractivity (Wildman–Crippen MR) is 70.2 cm³/mol. The Kier molecular flexibility index (Phi) is 3.71. The molecule has 19 heavy (non-hydrogen) atoms. The zero-order valence-electron chi connectivity index (χ0n) is 11.1. The molecule has 0 amide bonds. The Morgan fingerprint density at radius 1 is 1.32 bits per heavy atom. The molecule has 1 aromatic heterocycles. The van der Waals surface area contributed by atoms with E-state index in [0.717, 1.165) is 5.56 Å². The fourth-order valence-corrected chi connectivity index (χ4v) is 1.98. The summed E-state index contributed by atoms with van der Waals surface area (Å²) >= 11 is 0. The van der Waals surface area contributed by atoms with Crippen LogP contribution in [0.4, 0.5) is 0 Å². The van der Waals surface area contributed by atoms with E-state index in [1.54, 1.807) is 26.5 Å². The second kappa shape index (κ2) is 5.44. The summed E-state index contributed by atoms with van der Waals surface area (Å²) in [6.45, 7) is 0. The van der Waals surface area contributed by atoms with Crippen molar-refractivity contribution in [3.63, 3.8) is 0 Å². The number of aryl methyl sites for hydroxylation is 1. The van der Waals surface area contributed by atoms with Crippen LogP contribution in [0.3, 0.4) is 0 Å². The van der Waals surface area contributed by atoms with Gasteiger partial charge < -0.3 is 14.0 Å². The van der Waals surface area contributed by atoms with Crippen LogP contribution in [0.1, 0.15) is 17.3 Å². The van der Waals surface area contributed by atoms with Gasteiger partial charge in [-0.05, 0) is 12.1 Å². The lowest BCUT2D eigenvalue weighted by Crippen LogP contribution is -2.07. The second-order valence-corrected chi connectivity index (χ2v) is 4.07. The van der Waals surface area contributed by atoms with Crippen LogP contribution in [0.25, 0.3) is 0 Å². The van der Waals surface area contributed by atoms with Crippen molar-refractivity contribution >= 4 is 0 Å². The number of methoxy groups -OCH3 is 2. The maximum atomic E-state index is 9.43. The number of nitriles is 1. The van der Waals surface area contributed by atoms with Gasteiger partial charge in [-0.15, -0.1) is 0 Å². The molecule has 2 aromatic rings. The predicted octanol–water partition coefficient (Wildman–Crippen LogP) is 2.09. The molecule has 0 spiro atoms. The van der Waals surface area contributed by atoms with Gasteiger partial charge in [0.05, 0.1) is 20.3 Å². The molecule has 1 atom stereocenters. The van der Waals surface area contributed by atoms with Gasteiger partial charge in [0, 0.05) is 31.1 Å². The zero-order chi connectivity index (χ0) is 13.8. The largest absolute Gasteiger partial charge is 0.497 e. The van der Waals surface area contributed by atoms with Gasteiger partial charge in [0.25, 0.3) is 0 Å². The van der Waals surface area contributed by atoms with Gasteiger partial charge in [0.2, 0.25) is 0 Å². The molecule has 5 nitrogen and oxygen atoms in total. The maximum Gasteiger partial charge on any atom is 0.133 e. The van der Waals surface area contributed by atoms with E-state index in [2.05, 4.69) is 11.1 Å². The molecular formula is C14H15N3O2. The molecule has 0 saturated heterocycles. The van der Waals surface area contributed by atoms with Crippen molar-refractivity contribution in [2.45, 2.75) is 5.92 Å². The van der Waals surface area contributed by atoms with E-state index in [9.17, 15) is 5.26 Å². The number of rotatable bonds is 4. The quantitative estimate of drug-likeness (QED) is 0.841. The normalized spacial score (nSPS) is 11.7. The monoisotopic (exact) mass is 257 g/mol. The lowest BCUT2D eigenvalue weighted by Gasteiger charge is -2.14. The average Bonchev–Trinajstić information content (AvgIpc) is 2.86. The van der Waals surface area contributed by atoms with E-state index in [4.69, 9.17) is 9.47 Å². The van der Waals surface area contributed by atoms with Crippen LogP contribution in [0.2, 0.25) is 0 Å². The van der Waals surface area contributed by atoms with Crippen molar-refractivity contribution in [1.82, 2.24) is 9.55 Å². The lowest BCUT2D eigenvalue weighted by molar-refractivity contribution is 0.390. The molecule has 2 rings (SSSR count). The van der Waals surface area contributed by atoms with E-state index >= 15 is 0 Å². The lowest BCUT2D eigenvalue weighted by atomic mass is 9.98. The topological polar surface area (TPSA) is 60.1 Å². The summed E-state index contributed by atoms with van der Waals surface area (Å²) in [7, 11) is 5.03. The Labute approximate surface area is 112 Å². The average molecular weight is 257 g/mol. The Morgan fingerprint density at radius 3 is 2.63 bits per heavy atom. The van der Waals surface area contributed by atoms with Gasteiger partial charge in [0.15, 0.2) is 0 Å². The molecule has 0 bridgehead atoms. The van der Waals surface area contributed by atoms with Crippen molar-refractivity contribution in [3.05, 3.63) is 42.0 Å². The molecule has 0 radical (unpaired) electrons. The minimum absolute atomic E-state index is 0.471. The minimum Gasteiger partial charge on any atom is -0.497 e. The number of imidazole rings is 1. The third kappa shape index (κ3) is 2.38. The first kappa shape index (κ1) is 13.0. The Balaban J connectivity index is 2.50. The van der Waals surface area contributed by atoms with E-state index in [1.165, 1.54) is 0 Å². The van der Waals surface area contributed by atoms with Gasteiger partial charge in [-0.2, -0.15) is 5.26 Å². The van der Waals surface area contributed by atoms with Crippen LogP contribution < -0.4 is 9.47 Å². The standard InChI is InChI=1S/C14H15N3O2/c1-17-7-6-16-14(17)12(9-15)11-5-4-10(18-2)8-13(11)19-3/h4-8,12H,1-3H3. The second-order valence-electron chi connectivity index (χ2n) is 4.07. The van der Waals surface area contributed by atoms with E-state index in [-0.39, 0.29) is 0 Å². The molecular weight excluding hydrogens is 242 g/mol. The van der Waals surface area contributed by atoms with Gasteiger partial charge >= 0.3 is 0 Å². The highest BCUT2D eigenvalue weighted by atomic mass is 16.5. The molecule has 0 aliphatic carbocycles. The first-order valence-electron chi connectivity index (χ1n) is 5.80. The number of ether oxygens (including phenoxy) is 2. The van der Waals surface area contributed by atoms with Crippen LogP contribution >= 0.6 is 0 Å². The first-order valence-corrected chi connectivity index (χ1v) is 5.80. The van der Waals surface area contributed by atoms with Gasteiger partial charge in [-0.1, -0.05) is 0 Å². The van der Waals surface area contributed by atoms with Crippen LogP contribution in [-0.4, -0.2) is 23.8 Å². The van der Waals surface area contributed by atoms with Crippen molar-refractivity contribution < 1.29 is 9.47 Å². The van der Waals surface area contributed by atoms with Crippen LogP contribution in [-0.2, 0) is 7.05 Å². The minimum atomic E-state index is -0.471. The Hall–Kier alpha value is -2.48. The van der Waals surface area contributed by atoms with Crippen molar-refractivity contribution in [2.75, 3.05) is 14.2 Å². The summed E-state index contributed by atoms with van der Waals surface area (Å²) in [4.78, 5) is 4.23. The van der Waals surface area contributed by atoms with Crippen molar-refractivity contribution in [3.8, 4) is 17.6 Å². The SMILES string of the molecule is COc1ccc(C(C#N)c2nccn2C)c(OC)c1. The summed E-state index contributed by atoms with van der Waals surface area (Å²) in [5.74, 6) is 1.53. The van der Waals surface area contributed by atoms with Gasteiger partial charge in [-0.25, -0.2) is 4.98 Å². The molecule has 98 valence electrons. The number of hydrogen-bond acceptors (Lipinski definition) is 4. The third-order valence-corrected chi connectivity index (χ3v) is 3.00. The van der Waals surface area contributed by atoms with Crippen LogP contribution in [0.5, 0.6) is 11.5 Å². The smallest absolute Gasteiger partial charge is 0.133 e. The van der Waals surface area contributed by atoms with E-state index < -0.39 is 5.92 Å². The number of benzene rings is 1. The molecule has 0 fully saturated rings. The third-order valence-electron chi connectivity index (χ3n) is 3.00. The van der Waals surface area contributed by atoms with Crippen molar-refractivity contribution in [2.24, 2.45) is 7.05 Å². The fraction of sp³-hybridized carbons (Fsp3) is 0.286. The van der Waals surface area contributed by atoms with Crippen molar-refractivity contribution in [1.29, 1.82) is 5.26 Å². The highest BCUT2D eigenvalue weighted by Crippen LogP contribution is 2.33. The molecule has 5 heteroatoms. The van der Waals surface area contributed by atoms with E-state index in [1.807, 2.05) is 29.9 Å². The number of nitrogens with zero attached hydrogens (tertiary/aromatic N) is 3.